The quantitative estimate of drug-likeness (QED) is 0.555. The molecule has 1 aromatic heterocycles. The Labute approximate surface area is 191 Å². The first-order valence-corrected chi connectivity index (χ1v) is 11.0. The maximum Gasteiger partial charge on any atom is 0.310 e. The molecular formula is C22H27ClN4O5. The highest BCUT2D eigenvalue weighted by Crippen LogP contribution is 2.20. The van der Waals surface area contributed by atoms with Crippen LogP contribution in [0.4, 0.5) is 0 Å². The summed E-state index contributed by atoms with van der Waals surface area (Å²) in [5.41, 5.74) is 0.765. The number of likely N-dealkylation sites (tertiary alicyclic amines) is 1. The van der Waals surface area contributed by atoms with Crippen molar-refractivity contribution in [2.24, 2.45) is 5.92 Å². The number of carbonyl (C=O) groups is 3. The molecule has 2 aromatic rings. The summed E-state index contributed by atoms with van der Waals surface area (Å²) in [4.78, 5) is 44.4. The van der Waals surface area contributed by atoms with Crippen molar-refractivity contribution in [1.29, 1.82) is 0 Å². The van der Waals surface area contributed by atoms with Gasteiger partial charge in [0.15, 0.2) is 0 Å². The van der Waals surface area contributed by atoms with Crippen molar-refractivity contribution in [3.8, 4) is 11.4 Å². The highest BCUT2D eigenvalue weighted by Gasteiger charge is 2.30. The third-order valence-corrected chi connectivity index (χ3v) is 5.57. The number of piperidine rings is 1. The standard InChI is InChI=1S/C22H27ClN4O5/c1-3-31-22(30)16-5-4-12-27(13-16)20(29)14-26(2)19(28)11-10-18-24-21(25-32-18)15-6-8-17(23)9-7-15/h6-9,16H,3-5,10-14H2,1-2H3. The minimum atomic E-state index is -0.305. The topological polar surface area (TPSA) is 106 Å². The second kappa shape index (κ2) is 11.1. The predicted molar refractivity (Wildman–Crippen MR) is 117 cm³/mol. The molecule has 1 fully saturated rings. The van der Waals surface area contributed by atoms with Crippen molar-refractivity contribution in [2.75, 3.05) is 33.3 Å². The van der Waals surface area contributed by atoms with E-state index in [1.807, 2.05) is 0 Å². The number of nitrogens with zero attached hydrogens (tertiary/aromatic N) is 4. The molecule has 2 amide bonds. The number of carbonyl (C=O) groups excluding carboxylic acids is 3. The van der Waals surface area contributed by atoms with E-state index in [0.717, 1.165) is 12.0 Å². The Hall–Kier alpha value is -2.94. The normalized spacial score (nSPS) is 16.0. The molecule has 1 aromatic carbocycles. The molecule has 1 saturated heterocycles. The molecule has 1 aliphatic heterocycles. The molecule has 0 N–H and O–H groups in total. The van der Waals surface area contributed by atoms with Gasteiger partial charge in [0.25, 0.3) is 0 Å². The van der Waals surface area contributed by atoms with Crippen molar-refractivity contribution in [3.05, 3.63) is 35.2 Å². The summed E-state index contributed by atoms with van der Waals surface area (Å²) in [6.45, 7) is 2.94. The number of hydrogen-bond acceptors (Lipinski definition) is 7. The van der Waals surface area contributed by atoms with E-state index in [-0.39, 0.29) is 43.1 Å². The zero-order valence-electron chi connectivity index (χ0n) is 18.3. The fourth-order valence-electron chi connectivity index (χ4n) is 3.52. The van der Waals surface area contributed by atoms with Crippen LogP contribution in [-0.2, 0) is 25.5 Å². The van der Waals surface area contributed by atoms with Gasteiger partial charge in [0.05, 0.1) is 19.1 Å². The minimum absolute atomic E-state index is 0.0474. The summed E-state index contributed by atoms with van der Waals surface area (Å²) in [7, 11) is 1.58. The Balaban J connectivity index is 1.47. The summed E-state index contributed by atoms with van der Waals surface area (Å²) < 4.78 is 10.3. The number of ether oxygens (including phenoxy) is 1. The van der Waals surface area contributed by atoms with E-state index in [1.54, 1.807) is 43.1 Å². The fraction of sp³-hybridized carbons (Fsp3) is 0.500. The van der Waals surface area contributed by atoms with E-state index in [4.69, 9.17) is 20.9 Å². The summed E-state index contributed by atoms with van der Waals surface area (Å²) in [6, 6.07) is 7.04. The Morgan fingerprint density at radius 3 is 2.75 bits per heavy atom. The summed E-state index contributed by atoms with van der Waals surface area (Å²) in [6.07, 6.45) is 1.85. The zero-order chi connectivity index (χ0) is 23.1. The second-order valence-electron chi connectivity index (χ2n) is 7.70. The molecule has 10 heteroatoms. The average molecular weight is 463 g/mol. The van der Waals surface area contributed by atoms with Crippen LogP contribution in [0.2, 0.25) is 5.02 Å². The van der Waals surface area contributed by atoms with E-state index < -0.39 is 0 Å². The van der Waals surface area contributed by atoms with Crippen LogP contribution < -0.4 is 0 Å². The highest BCUT2D eigenvalue weighted by molar-refractivity contribution is 6.30. The number of likely N-dealkylation sites (N-methyl/N-ethyl adjacent to an activating group) is 1. The number of amides is 2. The molecule has 0 bridgehead atoms. The third kappa shape index (κ3) is 6.29. The Morgan fingerprint density at radius 2 is 2.03 bits per heavy atom. The molecule has 9 nitrogen and oxygen atoms in total. The molecule has 3 rings (SSSR count). The number of hydrogen-bond donors (Lipinski definition) is 0. The summed E-state index contributed by atoms with van der Waals surface area (Å²) in [5.74, 6) is -0.195. The summed E-state index contributed by atoms with van der Waals surface area (Å²) in [5, 5.41) is 4.54. The van der Waals surface area contributed by atoms with Crippen LogP contribution in [0.25, 0.3) is 11.4 Å². The first kappa shape index (κ1) is 23.7. The van der Waals surface area contributed by atoms with Gasteiger partial charge in [-0.2, -0.15) is 4.98 Å². The first-order chi connectivity index (χ1) is 15.4. The third-order valence-electron chi connectivity index (χ3n) is 5.32. The molecule has 1 atom stereocenters. The van der Waals surface area contributed by atoms with Gasteiger partial charge in [-0.25, -0.2) is 0 Å². The molecule has 2 heterocycles. The molecule has 32 heavy (non-hydrogen) atoms. The smallest absolute Gasteiger partial charge is 0.310 e. The van der Waals surface area contributed by atoms with Gasteiger partial charge in [0, 0.05) is 43.6 Å². The van der Waals surface area contributed by atoms with Gasteiger partial charge in [-0.15, -0.1) is 0 Å². The molecule has 1 unspecified atom stereocenters. The van der Waals surface area contributed by atoms with Crippen molar-refractivity contribution in [3.63, 3.8) is 0 Å². The zero-order valence-corrected chi connectivity index (χ0v) is 19.0. The lowest BCUT2D eigenvalue weighted by Gasteiger charge is -2.32. The van der Waals surface area contributed by atoms with Gasteiger partial charge in [-0.1, -0.05) is 16.8 Å². The van der Waals surface area contributed by atoms with Crippen LogP contribution in [-0.4, -0.2) is 71.0 Å². The SMILES string of the molecule is CCOC(=O)C1CCCN(C(=O)CN(C)C(=O)CCc2nc(-c3ccc(Cl)cc3)no2)C1. The van der Waals surface area contributed by atoms with E-state index >= 15 is 0 Å². The number of aryl methyl sites for hydroxylation is 1. The molecule has 1 aliphatic rings. The monoisotopic (exact) mass is 462 g/mol. The van der Waals surface area contributed by atoms with E-state index in [2.05, 4.69) is 10.1 Å². The highest BCUT2D eigenvalue weighted by atomic mass is 35.5. The Bertz CT molecular complexity index is 946. The number of halogens is 1. The van der Waals surface area contributed by atoms with Crippen LogP contribution in [0.5, 0.6) is 0 Å². The number of aromatic nitrogens is 2. The lowest BCUT2D eigenvalue weighted by atomic mass is 9.98. The van der Waals surface area contributed by atoms with Crippen LogP contribution >= 0.6 is 11.6 Å². The lowest BCUT2D eigenvalue weighted by Crippen LogP contribution is -2.47. The van der Waals surface area contributed by atoms with E-state index in [1.165, 1.54) is 4.90 Å². The van der Waals surface area contributed by atoms with Crippen LogP contribution in [0.15, 0.2) is 28.8 Å². The van der Waals surface area contributed by atoms with Gasteiger partial charge in [0.1, 0.15) is 0 Å². The summed E-state index contributed by atoms with van der Waals surface area (Å²) >= 11 is 5.88. The Morgan fingerprint density at radius 1 is 1.28 bits per heavy atom. The number of rotatable bonds is 8. The molecule has 172 valence electrons. The second-order valence-corrected chi connectivity index (χ2v) is 8.14. The van der Waals surface area contributed by atoms with Gasteiger partial charge in [-0.05, 0) is 44.0 Å². The van der Waals surface area contributed by atoms with Crippen molar-refractivity contribution >= 4 is 29.4 Å². The maximum atomic E-state index is 12.6. The van der Waals surface area contributed by atoms with Crippen molar-refractivity contribution in [1.82, 2.24) is 19.9 Å². The van der Waals surface area contributed by atoms with Crippen LogP contribution in [0.3, 0.4) is 0 Å². The predicted octanol–water partition coefficient (Wildman–Crippen LogP) is 2.58. The lowest BCUT2D eigenvalue weighted by molar-refractivity contribution is -0.152. The minimum Gasteiger partial charge on any atom is -0.466 e. The van der Waals surface area contributed by atoms with Crippen LogP contribution in [0.1, 0.15) is 32.1 Å². The van der Waals surface area contributed by atoms with Crippen LogP contribution in [0, 0.1) is 5.92 Å². The van der Waals surface area contributed by atoms with E-state index in [0.29, 0.717) is 42.9 Å². The number of esters is 1. The van der Waals surface area contributed by atoms with Gasteiger partial charge in [0.2, 0.25) is 23.5 Å². The molecule has 0 saturated carbocycles. The molecule has 0 aliphatic carbocycles. The van der Waals surface area contributed by atoms with Gasteiger partial charge < -0.3 is 19.1 Å². The maximum absolute atomic E-state index is 12.6. The van der Waals surface area contributed by atoms with Crippen molar-refractivity contribution in [2.45, 2.75) is 32.6 Å². The Kier molecular flexibility index (Phi) is 8.21. The molecular weight excluding hydrogens is 436 g/mol. The largest absolute Gasteiger partial charge is 0.466 e. The number of benzene rings is 1. The molecule has 0 spiro atoms. The van der Waals surface area contributed by atoms with Gasteiger partial charge in [-0.3, -0.25) is 14.4 Å². The first-order valence-electron chi connectivity index (χ1n) is 10.6. The fourth-order valence-corrected chi connectivity index (χ4v) is 3.65. The average Bonchev–Trinajstić information content (AvgIpc) is 3.27. The van der Waals surface area contributed by atoms with E-state index in [9.17, 15) is 14.4 Å². The molecule has 0 radical (unpaired) electrons. The van der Waals surface area contributed by atoms with Crippen molar-refractivity contribution < 1.29 is 23.6 Å². The van der Waals surface area contributed by atoms with Gasteiger partial charge >= 0.3 is 5.97 Å².